The van der Waals surface area contributed by atoms with Gasteiger partial charge in [0.05, 0.1) is 11.3 Å². The average molecular weight is 220 g/mol. The Kier molecular flexibility index (Phi) is 3.19. The Bertz CT molecular complexity index is 386. The van der Waals surface area contributed by atoms with Gasteiger partial charge in [0.1, 0.15) is 0 Å². The van der Waals surface area contributed by atoms with Gasteiger partial charge in [-0.25, -0.2) is 4.79 Å². The normalized spacial score (nSPS) is 17.1. The van der Waals surface area contributed by atoms with Crippen molar-refractivity contribution in [2.75, 3.05) is 13.1 Å². The van der Waals surface area contributed by atoms with Crippen molar-refractivity contribution in [2.24, 2.45) is 5.92 Å². The summed E-state index contributed by atoms with van der Waals surface area (Å²) in [4.78, 5) is 17.3. The van der Waals surface area contributed by atoms with Crippen LogP contribution in [0, 0.1) is 5.92 Å². The van der Waals surface area contributed by atoms with Crippen LogP contribution >= 0.6 is 0 Å². The molecule has 0 aromatic carbocycles. The third kappa shape index (κ3) is 2.39. The summed E-state index contributed by atoms with van der Waals surface area (Å²) in [6.07, 6.45) is 2.79. The van der Waals surface area contributed by atoms with Crippen LogP contribution in [0.2, 0.25) is 0 Å². The second-order valence-electron chi connectivity index (χ2n) is 4.31. The number of nitrogens with zero attached hydrogens (tertiary/aromatic N) is 2. The number of pyridine rings is 1. The molecule has 4 heteroatoms. The van der Waals surface area contributed by atoms with E-state index in [1.807, 2.05) is 0 Å². The van der Waals surface area contributed by atoms with Crippen LogP contribution in [0.4, 0.5) is 0 Å². The lowest BCUT2D eigenvalue weighted by Crippen LogP contribution is -2.45. The minimum atomic E-state index is -0.890. The molecule has 1 aliphatic rings. The highest BCUT2D eigenvalue weighted by atomic mass is 16.4. The number of rotatable bonds is 4. The molecule has 0 unspecified atom stereocenters. The highest BCUT2D eigenvalue weighted by Gasteiger charge is 2.25. The summed E-state index contributed by atoms with van der Waals surface area (Å²) in [7, 11) is 0. The van der Waals surface area contributed by atoms with Crippen LogP contribution < -0.4 is 0 Å². The largest absolute Gasteiger partial charge is 0.478 e. The first-order valence-electron chi connectivity index (χ1n) is 5.59. The van der Waals surface area contributed by atoms with Gasteiger partial charge in [0.25, 0.3) is 0 Å². The van der Waals surface area contributed by atoms with Gasteiger partial charge >= 0.3 is 5.97 Å². The average Bonchev–Trinajstić information content (AvgIpc) is 2.23. The zero-order chi connectivity index (χ0) is 11.5. The van der Waals surface area contributed by atoms with Gasteiger partial charge in [-0.15, -0.1) is 0 Å². The fourth-order valence-corrected chi connectivity index (χ4v) is 1.99. The molecule has 0 bridgehead atoms. The van der Waals surface area contributed by atoms with Crippen molar-refractivity contribution in [1.29, 1.82) is 0 Å². The molecule has 86 valence electrons. The summed E-state index contributed by atoms with van der Waals surface area (Å²) >= 11 is 0. The van der Waals surface area contributed by atoms with E-state index < -0.39 is 5.97 Å². The van der Waals surface area contributed by atoms with Gasteiger partial charge in [0.2, 0.25) is 0 Å². The Balaban J connectivity index is 1.95. The topological polar surface area (TPSA) is 53.4 Å². The predicted molar refractivity (Wildman–Crippen MR) is 60.3 cm³/mol. The third-order valence-corrected chi connectivity index (χ3v) is 3.06. The van der Waals surface area contributed by atoms with Crippen LogP contribution in [-0.4, -0.2) is 34.0 Å². The molecule has 2 rings (SSSR count). The Hall–Kier alpha value is -1.42. The minimum Gasteiger partial charge on any atom is -0.478 e. The molecule has 4 nitrogen and oxygen atoms in total. The Morgan fingerprint density at radius 3 is 3.00 bits per heavy atom. The number of aromatic carboxylic acids is 1. The van der Waals surface area contributed by atoms with Crippen molar-refractivity contribution in [3.8, 4) is 0 Å². The molecule has 1 aromatic rings. The first-order valence-corrected chi connectivity index (χ1v) is 5.59. The highest BCUT2D eigenvalue weighted by Crippen LogP contribution is 2.20. The molecule has 1 aromatic heterocycles. The molecule has 2 heterocycles. The summed E-state index contributed by atoms with van der Waals surface area (Å²) < 4.78 is 0. The Morgan fingerprint density at radius 2 is 2.38 bits per heavy atom. The molecule has 1 fully saturated rings. The second kappa shape index (κ2) is 4.61. The molecule has 1 saturated heterocycles. The molecule has 1 N–H and O–H groups in total. The monoisotopic (exact) mass is 220 g/mol. The van der Waals surface area contributed by atoms with Crippen LogP contribution in [0.5, 0.6) is 0 Å². The highest BCUT2D eigenvalue weighted by molar-refractivity contribution is 5.87. The van der Waals surface area contributed by atoms with Crippen molar-refractivity contribution in [3.05, 3.63) is 29.6 Å². The lowest BCUT2D eigenvalue weighted by molar-refractivity contribution is 0.0695. The van der Waals surface area contributed by atoms with E-state index in [2.05, 4.69) is 16.8 Å². The first kappa shape index (κ1) is 11.1. The summed E-state index contributed by atoms with van der Waals surface area (Å²) in [5.74, 6) is -0.0821. The maximum absolute atomic E-state index is 10.8. The molecule has 16 heavy (non-hydrogen) atoms. The van der Waals surface area contributed by atoms with Gasteiger partial charge in [0, 0.05) is 25.8 Å². The summed E-state index contributed by atoms with van der Waals surface area (Å²) in [6, 6.07) is 3.18. The number of carbonyl (C=O) groups is 1. The van der Waals surface area contributed by atoms with E-state index in [1.165, 1.54) is 12.5 Å². The summed E-state index contributed by atoms with van der Waals surface area (Å²) in [5.41, 5.74) is 1.16. The van der Waals surface area contributed by atoms with Gasteiger partial charge in [0.15, 0.2) is 0 Å². The zero-order valence-electron chi connectivity index (χ0n) is 9.39. The lowest BCUT2D eigenvalue weighted by atomic mass is 9.97. The lowest BCUT2D eigenvalue weighted by Gasteiger charge is -2.38. The smallest absolute Gasteiger partial charge is 0.335 e. The Labute approximate surface area is 94.9 Å². The molecule has 0 saturated carbocycles. The van der Waals surface area contributed by atoms with Crippen molar-refractivity contribution in [1.82, 2.24) is 9.88 Å². The van der Waals surface area contributed by atoms with Crippen LogP contribution in [0.3, 0.4) is 0 Å². The maximum Gasteiger partial charge on any atom is 0.335 e. The van der Waals surface area contributed by atoms with Crippen LogP contribution in [0.15, 0.2) is 18.3 Å². The molecule has 0 spiro atoms. The van der Waals surface area contributed by atoms with Gasteiger partial charge in [-0.3, -0.25) is 9.88 Å². The van der Waals surface area contributed by atoms with E-state index in [9.17, 15) is 4.79 Å². The number of aromatic nitrogens is 1. The second-order valence-corrected chi connectivity index (χ2v) is 4.31. The third-order valence-electron chi connectivity index (χ3n) is 3.06. The van der Waals surface area contributed by atoms with Crippen molar-refractivity contribution >= 4 is 5.97 Å². The summed E-state index contributed by atoms with van der Waals surface area (Å²) in [5, 5.41) is 8.85. The van der Waals surface area contributed by atoms with E-state index in [0.717, 1.165) is 31.2 Å². The van der Waals surface area contributed by atoms with E-state index in [0.29, 0.717) is 5.56 Å². The molecular formula is C12H16N2O2. The van der Waals surface area contributed by atoms with Crippen LogP contribution in [-0.2, 0) is 6.54 Å². The molecule has 1 aliphatic heterocycles. The van der Waals surface area contributed by atoms with Crippen molar-refractivity contribution < 1.29 is 9.90 Å². The fourth-order valence-electron chi connectivity index (χ4n) is 1.99. The maximum atomic E-state index is 10.8. The van der Waals surface area contributed by atoms with Crippen LogP contribution in [0.25, 0.3) is 0 Å². The van der Waals surface area contributed by atoms with Crippen molar-refractivity contribution in [3.63, 3.8) is 0 Å². The molecule has 0 amide bonds. The summed E-state index contributed by atoms with van der Waals surface area (Å²) in [6.45, 7) is 5.17. The number of carboxylic acids is 1. The molecule has 0 atom stereocenters. The van der Waals surface area contributed by atoms with Gasteiger partial charge < -0.3 is 5.11 Å². The first-order chi connectivity index (χ1) is 7.69. The van der Waals surface area contributed by atoms with E-state index >= 15 is 0 Å². The van der Waals surface area contributed by atoms with Gasteiger partial charge in [-0.1, -0.05) is 13.3 Å². The van der Waals surface area contributed by atoms with E-state index in [4.69, 9.17) is 5.11 Å². The quantitative estimate of drug-likeness (QED) is 0.837. The SMILES string of the molecule is CCC1CN(Cc2cc(C(=O)O)ccn2)C1. The molecular weight excluding hydrogens is 204 g/mol. The number of carboxylic acid groups (broad SMARTS) is 1. The number of hydrogen-bond donors (Lipinski definition) is 1. The van der Waals surface area contributed by atoms with Gasteiger partial charge in [-0.05, 0) is 18.1 Å². The fraction of sp³-hybridized carbons (Fsp3) is 0.500. The Morgan fingerprint density at radius 1 is 1.62 bits per heavy atom. The molecule has 0 aliphatic carbocycles. The van der Waals surface area contributed by atoms with Crippen molar-refractivity contribution in [2.45, 2.75) is 19.9 Å². The standard InChI is InChI=1S/C12H16N2O2/c1-2-9-6-14(7-9)8-11-5-10(12(15)16)3-4-13-11/h3-5,9H,2,6-8H2,1H3,(H,15,16). The predicted octanol–water partition coefficient (Wildman–Crippen LogP) is 1.62. The van der Waals surface area contributed by atoms with E-state index in [-0.39, 0.29) is 0 Å². The van der Waals surface area contributed by atoms with E-state index in [1.54, 1.807) is 12.3 Å². The minimum absolute atomic E-state index is 0.317. The zero-order valence-corrected chi connectivity index (χ0v) is 9.39. The van der Waals surface area contributed by atoms with Crippen LogP contribution in [0.1, 0.15) is 29.4 Å². The number of likely N-dealkylation sites (tertiary alicyclic amines) is 1. The van der Waals surface area contributed by atoms with Gasteiger partial charge in [-0.2, -0.15) is 0 Å². The molecule has 0 radical (unpaired) electrons. The number of hydrogen-bond acceptors (Lipinski definition) is 3.